The highest BCUT2D eigenvalue weighted by Gasteiger charge is 2.25. The quantitative estimate of drug-likeness (QED) is 0.848. The Morgan fingerprint density at radius 3 is 2.70 bits per heavy atom. The fourth-order valence-electron chi connectivity index (χ4n) is 2.94. The number of likely N-dealkylation sites (tertiary alicyclic amines) is 1. The van der Waals surface area contributed by atoms with Crippen molar-refractivity contribution in [2.24, 2.45) is 0 Å². The van der Waals surface area contributed by atoms with Gasteiger partial charge in [0.15, 0.2) is 0 Å². The minimum Gasteiger partial charge on any atom is -0.342 e. The number of amides is 1. The summed E-state index contributed by atoms with van der Waals surface area (Å²) in [7, 11) is 0. The van der Waals surface area contributed by atoms with Crippen LogP contribution in [0.15, 0.2) is 6.07 Å². The standard InChI is InChI=1S/C17H22N4OS/c1-10-8-15(17-19-11(2)12(3)23-17)20-16(18-10)14-6-5-7-21(9-14)13(4)22/h8,14H,5-7,9H2,1-4H3/t14-/m1/s1. The number of aryl methyl sites for hydroxylation is 3. The predicted molar refractivity (Wildman–Crippen MR) is 91.6 cm³/mol. The molecule has 2 aromatic heterocycles. The van der Waals surface area contributed by atoms with Crippen LogP contribution in [0.4, 0.5) is 0 Å². The van der Waals surface area contributed by atoms with E-state index in [1.165, 1.54) is 4.88 Å². The number of nitrogens with zero attached hydrogens (tertiary/aromatic N) is 4. The van der Waals surface area contributed by atoms with Gasteiger partial charge in [-0.25, -0.2) is 15.0 Å². The second-order valence-corrected chi connectivity index (χ2v) is 7.42. The van der Waals surface area contributed by atoms with Crippen molar-refractivity contribution in [3.05, 3.63) is 28.2 Å². The van der Waals surface area contributed by atoms with Crippen LogP contribution in [0.3, 0.4) is 0 Å². The Balaban J connectivity index is 1.92. The van der Waals surface area contributed by atoms with Crippen LogP contribution in [0, 0.1) is 20.8 Å². The molecule has 2 aromatic rings. The van der Waals surface area contributed by atoms with E-state index in [1.54, 1.807) is 18.3 Å². The molecule has 23 heavy (non-hydrogen) atoms. The fraction of sp³-hybridized carbons (Fsp3) is 0.529. The number of carbonyl (C=O) groups is 1. The largest absolute Gasteiger partial charge is 0.342 e. The Morgan fingerprint density at radius 2 is 2.04 bits per heavy atom. The minimum atomic E-state index is 0.133. The van der Waals surface area contributed by atoms with Gasteiger partial charge in [0.05, 0.1) is 5.69 Å². The Bertz CT molecular complexity index is 721. The van der Waals surface area contributed by atoms with Gasteiger partial charge in [0.1, 0.15) is 16.5 Å². The van der Waals surface area contributed by atoms with Gasteiger partial charge in [-0.1, -0.05) is 0 Å². The summed E-state index contributed by atoms with van der Waals surface area (Å²) in [6.07, 6.45) is 2.04. The summed E-state index contributed by atoms with van der Waals surface area (Å²) < 4.78 is 0. The SMILES string of the molecule is CC(=O)N1CCC[C@@H](c2nc(C)cc(-c3nc(C)c(C)s3)n2)C1. The first kappa shape index (κ1) is 16.1. The smallest absolute Gasteiger partial charge is 0.219 e. The predicted octanol–water partition coefficient (Wildman–Crippen LogP) is 3.25. The molecular weight excluding hydrogens is 308 g/mol. The Kier molecular flexibility index (Phi) is 4.43. The zero-order chi connectivity index (χ0) is 16.6. The van der Waals surface area contributed by atoms with Crippen LogP contribution in [0.2, 0.25) is 0 Å². The van der Waals surface area contributed by atoms with Crippen LogP contribution in [0.1, 0.15) is 47.8 Å². The monoisotopic (exact) mass is 330 g/mol. The summed E-state index contributed by atoms with van der Waals surface area (Å²) in [6, 6.07) is 1.99. The highest BCUT2D eigenvalue weighted by atomic mass is 32.1. The van der Waals surface area contributed by atoms with E-state index < -0.39 is 0 Å². The van der Waals surface area contributed by atoms with Crippen LogP contribution in [-0.2, 0) is 4.79 Å². The lowest BCUT2D eigenvalue weighted by Gasteiger charge is -2.31. The highest BCUT2D eigenvalue weighted by molar-refractivity contribution is 7.15. The average molecular weight is 330 g/mol. The molecule has 0 aliphatic carbocycles. The summed E-state index contributed by atoms with van der Waals surface area (Å²) in [6.45, 7) is 9.29. The van der Waals surface area contributed by atoms with Crippen molar-refractivity contribution in [1.29, 1.82) is 0 Å². The van der Waals surface area contributed by atoms with Crippen molar-refractivity contribution in [2.75, 3.05) is 13.1 Å². The maximum atomic E-state index is 11.6. The van der Waals surface area contributed by atoms with E-state index in [4.69, 9.17) is 4.98 Å². The molecule has 5 nitrogen and oxygen atoms in total. The summed E-state index contributed by atoms with van der Waals surface area (Å²) in [4.78, 5) is 28.8. The van der Waals surface area contributed by atoms with Gasteiger partial charge in [0, 0.05) is 36.5 Å². The van der Waals surface area contributed by atoms with Crippen molar-refractivity contribution in [1.82, 2.24) is 19.9 Å². The molecule has 3 heterocycles. The maximum absolute atomic E-state index is 11.6. The van der Waals surface area contributed by atoms with Crippen molar-refractivity contribution < 1.29 is 4.79 Å². The first-order valence-electron chi connectivity index (χ1n) is 7.99. The Hall–Kier alpha value is -1.82. The van der Waals surface area contributed by atoms with Crippen LogP contribution in [0.25, 0.3) is 10.7 Å². The molecule has 1 atom stereocenters. The van der Waals surface area contributed by atoms with Gasteiger partial charge in [0.25, 0.3) is 0 Å². The number of hydrogen-bond donors (Lipinski definition) is 0. The second kappa shape index (κ2) is 6.35. The van der Waals surface area contributed by atoms with Gasteiger partial charge < -0.3 is 4.90 Å². The highest BCUT2D eigenvalue weighted by Crippen LogP contribution is 2.29. The minimum absolute atomic E-state index is 0.133. The topological polar surface area (TPSA) is 59.0 Å². The number of aromatic nitrogens is 3. The Morgan fingerprint density at radius 1 is 1.26 bits per heavy atom. The van der Waals surface area contributed by atoms with Crippen LogP contribution in [-0.4, -0.2) is 38.8 Å². The third-order valence-corrected chi connectivity index (χ3v) is 5.45. The summed E-state index contributed by atoms with van der Waals surface area (Å²) in [5, 5.41) is 0.950. The van der Waals surface area contributed by atoms with E-state index in [-0.39, 0.29) is 11.8 Å². The van der Waals surface area contributed by atoms with Gasteiger partial charge in [-0.15, -0.1) is 11.3 Å². The molecule has 0 spiro atoms. The van der Waals surface area contributed by atoms with E-state index in [1.807, 2.05) is 24.8 Å². The molecule has 0 aromatic carbocycles. The first-order chi connectivity index (χ1) is 10.9. The number of carbonyl (C=O) groups excluding carboxylic acids is 1. The third-order valence-electron chi connectivity index (χ3n) is 4.35. The number of piperidine rings is 1. The summed E-state index contributed by atoms with van der Waals surface area (Å²) in [5.74, 6) is 1.19. The molecule has 1 fully saturated rings. The van der Waals surface area contributed by atoms with Gasteiger partial charge in [-0.3, -0.25) is 4.79 Å². The molecule has 3 rings (SSSR count). The zero-order valence-electron chi connectivity index (χ0n) is 14.1. The molecule has 0 unspecified atom stereocenters. The van der Waals surface area contributed by atoms with Crippen LogP contribution < -0.4 is 0 Å². The molecule has 1 aliphatic rings. The number of thiazole rings is 1. The van der Waals surface area contributed by atoms with E-state index >= 15 is 0 Å². The Labute approximate surface area is 140 Å². The van der Waals surface area contributed by atoms with Crippen molar-refractivity contribution >= 4 is 17.2 Å². The molecular formula is C17H22N4OS. The molecule has 0 N–H and O–H groups in total. The van der Waals surface area contributed by atoms with Crippen LogP contribution in [0.5, 0.6) is 0 Å². The van der Waals surface area contributed by atoms with E-state index in [0.29, 0.717) is 6.54 Å². The lowest BCUT2D eigenvalue weighted by atomic mass is 9.97. The van der Waals surface area contributed by atoms with Crippen molar-refractivity contribution in [3.8, 4) is 10.7 Å². The van der Waals surface area contributed by atoms with Gasteiger partial charge >= 0.3 is 0 Å². The lowest BCUT2D eigenvalue weighted by molar-refractivity contribution is -0.130. The van der Waals surface area contributed by atoms with E-state index in [2.05, 4.69) is 16.9 Å². The van der Waals surface area contributed by atoms with E-state index in [0.717, 1.165) is 47.3 Å². The normalized spacial score (nSPS) is 18.3. The van der Waals surface area contributed by atoms with Gasteiger partial charge in [0.2, 0.25) is 5.91 Å². The van der Waals surface area contributed by atoms with Gasteiger partial charge in [-0.05, 0) is 39.7 Å². The maximum Gasteiger partial charge on any atom is 0.219 e. The average Bonchev–Trinajstić information content (AvgIpc) is 2.86. The molecule has 122 valence electrons. The lowest BCUT2D eigenvalue weighted by Crippen LogP contribution is -2.38. The van der Waals surface area contributed by atoms with Crippen molar-refractivity contribution in [3.63, 3.8) is 0 Å². The molecule has 0 saturated carbocycles. The summed E-state index contributed by atoms with van der Waals surface area (Å²) >= 11 is 1.67. The fourth-order valence-corrected chi connectivity index (χ4v) is 3.81. The third kappa shape index (κ3) is 3.42. The molecule has 1 saturated heterocycles. The van der Waals surface area contributed by atoms with Crippen LogP contribution >= 0.6 is 11.3 Å². The molecule has 0 bridgehead atoms. The molecule has 1 aliphatic heterocycles. The molecule has 6 heteroatoms. The number of hydrogen-bond acceptors (Lipinski definition) is 5. The molecule has 1 amide bonds. The number of rotatable bonds is 2. The van der Waals surface area contributed by atoms with Gasteiger partial charge in [-0.2, -0.15) is 0 Å². The first-order valence-corrected chi connectivity index (χ1v) is 8.81. The second-order valence-electron chi connectivity index (χ2n) is 6.22. The van der Waals surface area contributed by atoms with Crippen molar-refractivity contribution in [2.45, 2.75) is 46.5 Å². The van der Waals surface area contributed by atoms with E-state index in [9.17, 15) is 4.79 Å². The molecule has 0 radical (unpaired) electrons. The zero-order valence-corrected chi connectivity index (χ0v) is 14.9. The summed E-state index contributed by atoms with van der Waals surface area (Å²) in [5.41, 5.74) is 2.91.